The van der Waals surface area contributed by atoms with Crippen LogP contribution in [0.2, 0.25) is 0 Å². The van der Waals surface area contributed by atoms with Gasteiger partial charge in [0.15, 0.2) is 0 Å². The molecular formula is C16H27N3O. The van der Waals surface area contributed by atoms with Gasteiger partial charge in [0.05, 0.1) is 0 Å². The summed E-state index contributed by atoms with van der Waals surface area (Å²) in [6, 6.07) is 7.58. The van der Waals surface area contributed by atoms with Crippen LogP contribution >= 0.6 is 0 Å². The lowest BCUT2D eigenvalue weighted by atomic mass is 9.95. The lowest BCUT2D eigenvalue weighted by Crippen LogP contribution is -2.41. The van der Waals surface area contributed by atoms with E-state index in [2.05, 4.69) is 19.2 Å². The minimum atomic E-state index is -0.0586. The van der Waals surface area contributed by atoms with Crippen LogP contribution in [0.25, 0.3) is 0 Å². The number of anilines is 1. The van der Waals surface area contributed by atoms with Gasteiger partial charge in [0.25, 0.3) is 5.91 Å². The van der Waals surface area contributed by atoms with Crippen LogP contribution in [-0.2, 0) is 0 Å². The number of nitrogens with one attached hydrogen (secondary N) is 1. The zero-order valence-corrected chi connectivity index (χ0v) is 13.0. The quantitative estimate of drug-likeness (QED) is 0.803. The SMILES string of the molecule is CCC(CC)C(N)CNC(=O)c1ccc(N(C)C)cc1. The maximum Gasteiger partial charge on any atom is 0.251 e. The number of amides is 1. The molecule has 4 heteroatoms. The highest BCUT2D eigenvalue weighted by Crippen LogP contribution is 2.13. The molecule has 0 aromatic heterocycles. The Morgan fingerprint density at radius 1 is 1.20 bits per heavy atom. The summed E-state index contributed by atoms with van der Waals surface area (Å²) in [4.78, 5) is 14.1. The van der Waals surface area contributed by atoms with E-state index in [4.69, 9.17) is 5.73 Å². The molecule has 0 saturated carbocycles. The number of hydrogen-bond acceptors (Lipinski definition) is 3. The van der Waals surface area contributed by atoms with Crippen molar-refractivity contribution >= 4 is 11.6 Å². The normalized spacial score (nSPS) is 12.3. The molecule has 1 atom stereocenters. The second-order valence-corrected chi connectivity index (χ2v) is 5.39. The van der Waals surface area contributed by atoms with Gasteiger partial charge in [-0.1, -0.05) is 26.7 Å². The van der Waals surface area contributed by atoms with Crippen LogP contribution in [0.3, 0.4) is 0 Å². The second kappa shape index (κ2) is 7.90. The Kier molecular flexibility index (Phi) is 6.52. The summed E-state index contributed by atoms with van der Waals surface area (Å²) < 4.78 is 0. The molecule has 1 aromatic rings. The number of rotatable bonds is 7. The summed E-state index contributed by atoms with van der Waals surface area (Å²) in [5.74, 6) is 0.406. The van der Waals surface area contributed by atoms with Gasteiger partial charge in [-0.2, -0.15) is 0 Å². The zero-order valence-electron chi connectivity index (χ0n) is 13.0. The first-order valence-electron chi connectivity index (χ1n) is 7.30. The van der Waals surface area contributed by atoms with E-state index in [1.807, 2.05) is 43.3 Å². The van der Waals surface area contributed by atoms with Crippen molar-refractivity contribution in [2.45, 2.75) is 32.7 Å². The third-order valence-corrected chi connectivity index (χ3v) is 3.80. The topological polar surface area (TPSA) is 58.4 Å². The lowest BCUT2D eigenvalue weighted by molar-refractivity contribution is 0.0948. The number of carbonyl (C=O) groups excluding carboxylic acids is 1. The van der Waals surface area contributed by atoms with E-state index in [0.29, 0.717) is 18.0 Å². The summed E-state index contributed by atoms with van der Waals surface area (Å²) in [6.07, 6.45) is 2.09. The van der Waals surface area contributed by atoms with Crippen LogP contribution in [-0.4, -0.2) is 32.6 Å². The molecule has 1 unspecified atom stereocenters. The highest BCUT2D eigenvalue weighted by molar-refractivity contribution is 5.94. The van der Waals surface area contributed by atoms with Crippen LogP contribution in [0.5, 0.6) is 0 Å². The van der Waals surface area contributed by atoms with Crippen LogP contribution in [0.4, 0.5) is 5.69 Å². The molecule has 0 radical (unpaired) electrons. The van der Waals surface area contributed by atoms with E-state index < -0.39 is 0 Å². The third kappa shape index (κ3) is 4.53. The molecule has 0 heterocycles. The average Bonchev–Trinajstić information content (AvgIpc) is 2.46. The molecule has 20 heavy (non-hydrogen) atoms. The zero-order chi connectivity index (χ0) is 15.1. The summed E-state index contributed by atoms with van der Waals surface area (Å²) >= 11 is 0. The molecule has 4 nitrogen and oxygen atoms in total. The Bertz CT molecular complexity index is 410. The highest BCUT2D eigenvalue weighted by atomic mass is 16.1. The van der Waals surface area contributed by atoms with Crippen LogP contribution in [0, 0.1) is 5.92 Å². The molecule has 1 aromatic carbocycles. The van der Waals surface area contributed by atoms with Gasteiger partial charge in [-0.3, -0.25) is 4.79 Å². The van der Waals surface area contributed by atoms with E-state index in [1.165, 1.54) is 0 Å². The Balaban J connectivity index is 2.54. The van der Waals surface area contributed by atoms with Crippen molar-refractivity contribution in [3.05, 3.63) is 29.8 Å². The average molecular weight is 277 g/mol. The number of carbonyl (C=O) groups is 1. The standard InChI is InChI=1S/C16H27N3O/c1-5-12(6-2)15(17)11-18-16(20)13-7-9-14(10-8-13)19(3)4/h7-10,12,15H,5-6,11,17H2,1-4H3,(H,18,20). The van der Waals surface area contributed by atoms with Crippen LogP contribution in [0.15, 0.2) is 24.3 Å². The molecule has 0 aliphatic heterocycles. The van der Waals surface area contributed by atoms with Gasteiger partial charge in [-0.15, -0.1) is 0 Å². The maximum absolute atomic E-state index is 12.0. The fourth-order valence-corrected chi connectivity index (χ4v) is 2.28. The fraction of sp³-hybridized carbons (Fsp3) is 0.562. The second-order valence-electron chi connectivity index (χ2n) is 5.39. The van der Waals surface area contributed by atoms with Gasteiger partial charge in [-0.05, 0) is 30.2 Å². The molecule has 112 valence electrons. The molecule has 0 saturated heterocycles. The number of nitrogens with two attached hydrogens (primary N) is 1. The first-order chi connectivity index (χ1) is 9.49. The van der Waals surface area contributed by atoms with Gasteiger partial charge in [-0.25, -0.2) is 0 Å². The molecule has 0 aliphatic carbocycles. The lowest BCUT2D eigenvalue weighted by Gasteiger charge is -2.21. The largest absolute Gasteiger partial charge is 0.378 e. The first kappa shape index (κ1) is 16.5. The van der Waals surface area contributed by atoms with Gasteiger partial charge in [0.2, 0.25) is 0 Å². The van der Waals surface area contributed by atoms with E-state index in [1.54, 1.807) is 0 Å². The van der Waals surface area contributed by atoms with Crippen LogP contribution < -0.4 is 16.0 Å². The Morgan fingerprint density at radius 3 is 2.20 bits per heavy atom. The molecule has 0 spiro atoms. The minimum absolute atomic E-state index is 0.0231. The van der Waals surface area contributed by atoms with E-state index >= 15 is 0 Å². The van der Waals surface area contributed by atoms with Crippen LogP contribution in [0.1, 0.15) is 37.0 Å². The van der Waals surface area contributed by atoms with Gasteiger partial charge < -0.3 is 16.0 Å². The molecule has 0 fully saturated rings. The molecule has 1 amide bonds. The van der Waals surface area contributed by atoms with Crippen molar-refractivity contribution in [2.24, 2.45) is 11.7 Å². The molecule has 3 N–H and O–H groups in total. The molecule has 1 rings (SSSR count). The van der Waals surface area contributed by atoms with E-state index in [-0.39, 0.29) is 11.9 Å². The molecular weight excluding hydrogens is 250 g/mol. The minimum Gasteiger partial charge on any atom is -0.378 e. The highest BCUT2D eigenvalue weighted by Gasteiger charge is 2.15. The maximum atomic E-state index is 12.0. The Hall–Kier alpha value is -1.55. The smallest absolute Gasteiger partial charge is 0.251 e. The monoisotopic (exact) mass is 277 g/mol. The summed E-state index contributed by atoms with van der Waals surface area (Å²) in [5, 5.41) is 2.92. The van der Waals surface area contributed by atoms with Crippen molar-refractivity contribution < 1.29 is 4.79 Å². The molecule has 0 bridgehead atoms. The molecule has 0 aliphatic rings. The Morgan fingerprint density at radius 2 is 1.75 bits per heavy atom. The van der Waals surface area contributed by atoms with Crippen molar-refractivity contribution in [3.63, 3.8) is 0 Å². The first-order valence-corrected chi connectivity index (χ1v) is 7.30. The number of nitrogens with zero attached hydrogens (tertiary/aromatic N) is 1. The van der Waals surface area contributed by atoms with Gasteiger partial charge >= 0.3 is 0 Å². The van der Waals surface area contributed by atoms with E-state index in [0.717, 1.165) is 18.5 Å². The van der Waals surface area contributed by atoms with Crippen molar-refractivity contribution in [2.75, 3.05) is 25.5 Å². The van der Waals surface area contributed by atoms with Gasteiger partial charge in [0, 0.05) is 37.9 Å². The third-order valence-electron chi connectivity index (χ3n) is 3.80. The van der Waals surface area contributed by atoms with Crippen molar-refractivity contribution in [1.29, 1.82) is 0 Å². The summed E-state index contributed by atoms with van der Waals surface area (Å²) in [6.45, 7) is 4.80. The number of benzene rings is 1. The fourth-order valence-electron chi connectivity index (χ4n) is 2.28. The van der Waals surface area contributed by atoms with Gasteiger partial charge in [0.1, 0.15) is 0 Å². The summed E-state index contributed by atoms with van der Waals surface area (Å²) in [5.41, 5.74) is 7.86. The number of hydrogen-bond donors (Lipinski definition) is 2. The predicted octanol–water partition coefficient (Wildman–Crippen LogP) is 2.25. The van der Waals surface area contributed by atoms with Crippen molar-refractivity contribution in [3.8, 4) is 0 Å². The summed E-state index contributed by atoms with van der Waals surface area (Å²) in [7, 11) is 3.95. The predicted molar refractivity (Wildman–Crippen MR) is 85.1 cm³/mol. The Labute approximate surface area is 122 Å². The van der Waals surface area contributed by atoms with E-state index in [9.17, 15) is 4.79 Å². The van der Waals surface area contributed by atoms with Crippen molar-refractivity contribution in [1.82, 2.24) is 5.32 Å².